The van der Waals surface area contributed by atoms with Gasteiger partial charge in [-0.3, -0.25) is 0 Å². The van der Waals surface area contributed by atoms with E-state index >= 15 is 0 Å². The summed E-state index contributed by atoms with van der Waals surface area (Å²) in [5.74, 6) is 1.42. The Morgan fingerprint density at radius 1 is 1.55 bits per heavy atom. The van der Waals surface area contributed by atoms with Gasteiger partial charge in [0.2, 0.25) is 0 Å². The maximum Gasteiger partial charge on any atom is 0.0661 e. The maximum atomic E-state index is 5.72. The first-order valence-corrected chi connectivity index (χ1v) is 4.43. The Morgan fingerprint density at radius 2 is 2.27 bits per heavy atom. The average Bonchev–Trinajstić information content (AvgIpc) is 2.39. The van der Waals surface area contributed by atoms with Crippen LogP contribution in [0, 0.1) is 11.8 Å². The molecule has 0 aromatic rings. The lowest BCUT2D eigenvalue weighted by Gasteiger charge is -2.24. The van der Waals surface area contributed by atoms with E-state index in [2.05, 4.69) is 20.4 Å². The lowest BCUT2D eigenvalue weighted by atomic mass is 9.85. The molecule has 0 aromatic carbocycles. The van der Waals surface area contributed by atoms with E-state index in [1.807, 2.05) is 0 Å². The molecule has 0 aromatic heterocycles. The van der Waals surface area contributed by atoms with Crippen molar-refractivity contribution < 1.29 is 4.74 Å². The SMILES string of the molecule is C=C1CC[C@H]2[C@@H]1COC2(C)C. The fourth-order valence-corrected chi connectivity index (χ4v) is 2.49. The third-order valence-electron chi connectivity index (χ3n) is 3.31. The van der Waals surface area contributed by atoms with Gasteiger partial charge in [-0.15, -0.1) is 0 Å². The zero-order valence-corrected chi connectivity index (χ0v) is 7.39. The van der Waals surface area contributed by atoms with E-state index in [-0.39, 0.29) is 5.60 Å². The van der Waals surface area contributed by atoms with E-state index in [4.69, 9.17) is 4.74 Å². The molecule has 2 rings (SSSR count). The summed E-state index contributed by atoms with van der Waals surface area (Å²) in [5, 5.41) is 0. The van der Waals surface area contributed by atoms with Gasteiger partial charge < -0.3 is 4.74 Å². The van der Waals surface area contributed by atoms with Crippen molar-refractivity contribution in [3.63, 3.8) is 0 Å². The average molecular weight is 152 g/mol. The number of fused-ring (bicyclic) bond motifs is 1. The van der Waals surface area contributed by atoms with Gasteiger partial charge in [0.05, 0.1) is 12.2 Å². The second kappa shape index (κ2) is 2.10. The third-order valence-corrected chi connectivity index (χ3v) is 3.31. The summed E-state index contributed by atoms with van der Waals surface area (Å²) in [5.41, 5.74) is 1.53. The van der Waals surface area contributed by atoms with Crippen LogP contribution in [0.5, 0.6) is 0 Å². The van der Waals surface area contributed by atoms with Gasteiger partial charge in [0.25, 0.3) is 0 Å². The first kappa shape index (κ1) is 7.35. The largest absolute Gasteiger partial charge is 0.375 e. The van der Waals surface area contributed by atoms with Crippen molar-refractivity contribution in [1.29, 1.82) is 0 Å². The summed E-state index contributed by atoms with van der Waals surface area (Å²) in [4.78, 5) is 0. The Morgan fingerprint density at radius 3 is 2.91 bits per heavy atom. The topological polar surface area (TPSA) is 9.23 Å². The standard InChI is InChI=1S/C10H16O/c1-7-4-5-9-8(7)6-11-10(9,2)3/h8-9H,1,4-6H2,2-3H3/t8-,9+/m1/s1. The molecule has 0 amide bonds. The maximum absolute atomic E-state index is 5.72. The van der Waals surface area contributed by atoms with Crippen LogP contribution in [0.15, 0.2) is 12.2 Å². The van der Waals surface area contributed by atoms with Gasteiger partial charge in [0.1, 0.15) is 0 Å². The number of hydrogen-bond acceptors (Lipinski definition) is 1. The Bertz CT molecular complexity index is 193. The van der Waals surface area contributed by atoms with E-state index in [0.717, 1.165) is 12.5 Å². The van der Waals surface area contributed by atoms with Gasteiger partial charge >= 0.3 is 0 Å². The van der Waals surface area contributed by atoms with Crippen LogP contribution in [0.4, 0.5) is 0 Å². The van der Waals surface area contributed by atoms with Crippen LogP contribution in [0.3, 0.4) is 0 Å². The molecule has 2 aliphatic rings. The summed E-state index contributed by atoms with van der Waals surface area (Å²) in [6.45, 7) is 9.40. The number of ether oxygens (including phenoxy) is 1. The van der Waals surface area contributed by atoms with Crippen molar-refractivity contribution in [3.8, 4) is 0 Å². The molecule has 11 heavy (non-hydrogen) atoms. The summed E-state index contributed by atoms with van der Waals surface area (Å²) >= 11 is 0. The molecule has 0 radical (unpaired) electrons. The number of rotatable bonds is 0. The minimum Gasteiger partial charge on any atom is -0.375 e. The predicted molar refractivity (Wildman–Crippen MR) is 45.4 cm³/mol. The van der Waals surface area contributed by atoms with Crippen molar-refractivity contribution in [2.75, 3.05) is 6.61 Å². The molecule has 1 heteroatoms. The fourth-order valence-electron chi connectivity index (χ4n) is 2.49. The zero-order chi connectivity index (χ0) is 8.06. The van der Waals surface area contributed by atoms with Crippen LogP contribution in [-0.4, -0.2) is 12.2 Å². The summed E-state index contributed by atoms with van der Waals surface area (Å²) in [7, 11) is 0. The van der Waals surface area contributed by atoms with Crippen molar-refractivity contribution in [3.05, 3.63) is 12.2 Å². The lowest BCUT2D eigenvalue weighted by molar-refractivity contribution is 0.00930. The Labute approximate surface area is 68.4 Å². The summed E-state index contributed by atoms with van der Waals surface area (Å²) < 4.78 is 5.72. The predicted octanol–water partition coefficient (Wildman–Crippen LogP) is 2.38. The van der Waals surface area contributed by atoms with Crippen LogP contribution in [0.25, 0.3) is 0 Å². The molecular formula is C10H16O. The molecule has 62 valence electrons. The van der Waals surface area contributed by atoms with Crippen molar-refractivity contribution in [2.45, 2.75) is 32.3 Å². The van der Waals surface area contributed by atoms with Crippen LogP contribution >= 0.6 is 0 Å². The van der Waals surface area contributed by atoms with Crippen LogP contribution in [-0.2, 0) is 4.74 Å². The van der Waals surface area contributed by atoms with Gasteiger partial charge in [-0.2, -0.15) is 0 Å². The van der Waals surface area contributed by atoms with Crippen molar-refractivity contribution in [2.24, 2.45) is 11.8 Å². The number of hydrogen-bond donors (Lipinski definition) is 0. The summed E-state index contributed by atoms with van der Waals surface area (Å²) in [6, 6.07) is 0. The molecule has 2 fully saturated rings. The highest BCUT2D eigenvalue weighted by Crippen LogP contribution is 2.48. The zero-order valence-electron chi connectivity index (χ0n) is 7.39. The normalized spacial score (nSPS) is 41.1. The minimum atomic E-state index is 0.115. The minimum absolute atomic E-state index is 0.115. The van der Waals surface area contributed by atoms with E-state index in [1.165, 1.54) is 18.4 Å². The second-order valence-electron chi connectivity index (χ2n) is 4.32. The highest BCUT2D eigenvalue weighted by atomic mass is 16.5. The molecule has 1 saturated carbocycles. The van der Waals surface area contributed by atoms with Crippen molar-refractivity contribution in [1.82, 2.24) is 0 Å². The molecule has 1 aliphatic heterocycles. The first-order chi connectivity index (χ1) is 5.11. The van der Waals surface area contributed by atoms with Crippen LogP contribution < -0.4 is 0 Å². The molecule has 1 saturated heterocycles. The molecule has 0 unspecified atom stereocenters. The van der Waals surface area contributed by atoms with Gasteiger partial charge in [-0.05, 0) is 32.6 Å². The van der Waals surface area contributed by atoms with E-state index in [0.29, 0.717) is 5.92 Å². The van der Waals surface area contributed by atoms with E-state index in [9.17, 15) is 0 Å². The molecule has 1 nitrogen and oxygen atoms in total. The smallest absolute Gasteiger partial charge is 0.0661 e. The quantitative estimate of drug-likeness (QED) is 0.484. The molecular weight excluding hydrogens is 136 g/mol. The van der Waals surface area contributed by atoms with E-state index in [1.54, 1.807) is 0 Å². The van der Waals surface area contributed by atoms with Crippen LogP contribution in [0.1, 0.15) is 26.7 Å². The summed E-state index contributed by atoms with van der Waals surface area (Å²) in [6.07, 6.45) is 2.51. The van der Waals surface area contributed by atoms with Gasteiger partial charge in [0.15, 0.2) is 0 Å². The fraction of sp³-hybridized carbons (Fsp3) is 0.800. The Balaban J connectivity index is 2.23. The van der Waals surface area contributed by atoms with Crippen LogP contribution in [0.2, 0.25) is 0 Å². The molecule has 0 N–H and O–H groups in total. The van der Waals surface area contributed by atoms with E-state index < -0.39 is 0 Å². The molecule has 1 aliphatic carbocycles. The van der Waals surface area contributed by atoms with Crippen molar-refractivity contribution >= 4 is 0 Å². The molecule has 0 bridgehead atoms. The first-order valence-electron chi connectivity index (χ1n) is 4.43. The molecule has 0 spiro atoms. The highest BCUT2D eigenvalue weighted by Gasteiger charge is 2.46. The van der Waals surface area contributed by atoms with Gasteiger partial charge in [-0.25, -0.2) is 0 Å². The lowest BCUT2D eigenvalue weighted by Crippen LogP contribution is -2.27. The van der Waals surface area contributed by atoms with Gasteiger partial charge in [-0.1, -0.05) is 12.2 Å². The van der Waals surface area contributed by atoms with Gasteiger partial charge in [0, 0.05) is 5.92 Å². The molecule has 1 heterocycles. The monoisotopic (exact) mass is 152 g/mol. The highest BCUT2D eigenvalue weighted by molar-refractivity contribution is 5.14. The Hall–Kier alpha value is -0.300. The Kier molecular flexibility index (Phi) is 1.40. The molecule has 2 atom stereocenters. The second-order valence-corrected chi connectivity index (χ2v) is 4.32. The third kappa shape index (κ3) is 0.943.